The van der Waals surface area contributed by atoms with Gasteiger partial charge < -0.3 is 20.1 Å². The third-order valence-electron chi connectivity index (χ3n) is 6.51. The molecule has 6 heteroatoms. The molecular formula is C24H31ClN2O3. The van der Waals surface area contributed by atoms with Gasteiger partial charge in [0.05, 0.1) is 20.3 Å². The van der Waals surface area contributed by atoms with E-state index in [0.717, 1.165) is 43.5 Å². The molecule has 162 valence electrons. The van der Waals surface area contributed by atoms with Gasteiger partial charge in [0.2, 0.25) is 5.91 Å². The Morgan fingerprint density at radius 3 is 2.47 bits per heavy atom. The number of ether oxygens (including phenoxy) is 2. The summed E-state index contributed by atoms with van der Waals surface area (Å²) in [6, 6.07) is 16.1. The lowest BCUT2D eigenvalue weighted by atomic mass is 9.91. The summed E-state index contributed by atoms with van der Waals surface area (Å²) in [5.74, 6) is 1.77. The molecule has 0 radical (unpaired) electrons. The predicted molar refractivity (Wildman–Crippen MR) is 120 cm³/mol. The SMILES string of the molecule is COc1ccc(CC(NC(=O)C2CC23CCNCC3)c2ccccc2)cc1OC.Cl. The Morgan fingerprint density at radius 2 is 1.80 bits per heavy atom. The molecule has 5 nitrogen and oxygen atoms in total. The first-order valence-electron chi connectivity index (χ1n) is 10.4. The molecule has 2 N–H and O–H groups in total. The summed E-state index contributed by atoms with van der Waals surface area (Å²) in [7, 11) is 3.28. The fraction of sp³-hybridized carbons (Fsp3) is 0.458. The minimum absolute atomic E-state index is 0. The van der Waals surface area contributed by atoms with Gasteiger partial charge in [0, 0.05) is 5.92 Å². The van der Waals surface area contributed by atoms with Gasteiger partial charge in [-0.25, -0.2) is 0 Å². The van der Waals surface area contributed by atoms with Crippen molar-refractivity contribution < 1.29 is 14.3 Å². The first kappa shape index (κ1) is 22.4. The molecule has 1 aliphatic heterocycles. The van der Waals surface area contributed by atoms with Crippen LogP contribution in [-0.4, -0.2) is 33.2 Å². The van der Waals surface area contributed by atoms with Gasteiger partial charge in [0.25, 0.3) is 0 Å². The van der Waals surface area contributed by atoms with Crippen LogP contribution in [0.5, 0.6) is 11.5 Å². The molecule has 2 aromatic rings. The summed E-state index contributed by atoms with van der Waals surface area (Å²) < 4.78 is 10.8. The van der Waals surface area contributed by atoms with Crippen LogP contribution in [0.1, 0.15) is 36.4 Å². The normalized spacial score (nSPS) is 20.0. The van der Waals surface area contributed by atoms with E-state index >= 15 is 0 Å². The highest BCUT2D eigenvalue weighted by Crippen LogP contribution is 2.58. The van der Waals surface area contributed by atoms with Crippen LogP contribution in [0, 0.1) is 11.3 Å². The van der Waals surface area contributed by atoms with Crippen LogP contribution in [0.15, 0.2) is 48.5 Å². The quantitative estimate of drug-likeness (QED) is 0.699. The maximum absolute atomic E-state index is 13.1. The van der Waals surface area contributed by atoms with E-state index in [1.807, 2.05) is 36.4 Å². The summed E-state index contributed by atoms with van der Waals surface area (Å²) >= 11 is 0. The highest BCUT2D eigenvalue weighted by atomic mass is 35.5. The molecule has 0 aromatic heterocycles. The fourth-order valence-corrected chi connectivity index (χ4v) is 4.65. The summed E-state index contributed by atoms with van der Waals surface area (Å²) in [4.78, 5) is 13.1. The van der Waals surface area contributed by atoms with E-state index in [-0.39, 0.29) is 35.7 Å². The Morgan fingerprint density at radius 1 is 1.10 bits per heavy atom. The van der Waals surface area contributed by atoms with Gasteiger partial charge in [-0.1, -0.05) is 36.4 Å². The maximum Gasteiger partial charge on any atom is 0.224 e. The average molecular weight is 431 g/mol. The van der Waals surface area contributed by atoms with Crippen LogP contribution in [0.3, 0.4) is 0 Å². The van der Waals surface area contributed by atoms with Crippen molar-refractivity contribution in [3.63, 3.8) is 0 Å². The van der Waals surface area contributed by atoms with Crippen molar-refractivity contribution in [2.24, 2.45) is 11.3 Å². The number of piperidine rings is 1. The van der Waals surface area contributed by atoms with Gasteiger partial charge in [-0.3, -0.25) is 4.79 Å². The molecule has 1 saturated heterocycles. The molecule has 1 spiro atoms. The summed E-state index contributed by atoms with van der Waals surface area (Å²) in [5.41, 5.74) is 2.46. The number of halogens is 1. The van der Waals surface area contributed by atoms with E-state index in [9.17, 15) is 4.79 Å². The first-order valence-corrected chi connectivity index (χ1v) is 10.4. The van der Waals surface area contributed by atoms with Gasteiger partial charge in [-0.15, -0.1) is 12.4 Å². The second-order valence-electron chi connectivity index (χ2n) is 8.23. The molecule has 2 atom stereocenters. The smallest absolute Gasteiger partial charge is 0.224 e. The molecule has 1 heterocycles. The monoisotopic (exact) mass is 430 g/mol. The zero-order valence-corrected chi connectivity index (χ0v) is 18.5. The number of methoxy groups -OCH3 is 2. The number of hydrogen-bond donors (Lipinski definition) is 2. The second-order valence-corrected chi connectivity index (χ2v) is 8.23. The highest BCUT2D eigenvalue weighted by Gasteiger charge is 2.57. The maximum atomic E-state index is 13.1. The topological polar surface area (TPSA) is 59.6 Å². The Bertz CT molecular complexity index is 853. The van der Waals surface area contributed by atoms with Crippen molar-refractivity contribution in [1.29, 1.82) is 0 Å². The average Bonchev–Trinajstić information content (AvgIpc) is 3.47. The molecular weight excluding hydrogens is 400 g/mol. The largest absolute Gasteiger partial charge is 0.493 e. The zero-order valence-electron chi connectivity index (χ0n) is 17.6. The van der Waals surface area contributed by atoms with Crippen LogP contribution in [0.25, 0.3) is 0 Å². The van der Waals surface area contributed by atoms with E-state index in [1.54, 1.807) is 14.2 Å². The molecule has 1 saturated carbocycles. The molecule has 0 bridgehead atoms. The van der Waals surface area contributed by atoms with Gasteiger partial charge in [0.15, 0.2) is 11.5 Å². The number of amides is 1. The minimum atomic E-state index is -0.0684. The fourth-order valence-electron chi connectivity index (χ4n) is 4.65. The van der Waals surface area contributed by atoms with Gasteiger partial charge in [-0.2, -0.15) is 0 Å². The number of carbonyl (C=O) groups excluding carboxylic acids is 1. The Kier molecular flexibility index (Phi) is 7.27. The van der Waals surface area contributed by atoms with Gasteiger partial charge in [0.1, 0.15) is 0 Å². The third-order valence-corrected chi connectivity index (χ3v) is 6.51. The number of hydrogen-bond acceptors (Lipinski definition) is 4. The van der Waals surface area contributed by atoms with E-state index in [2.05, 4.69) is 22.8 Å². The molecule has 1 amide bonds. The van der Waals surface area contributed by atoms with Crippen LogP contribution >= 0.6 is 12.4 Å². The van der Waals surface area contributed by atoms with Crippen molar-refractivity contribution in [1.82, 2.24) is 10.6 Å². The Hall–Kier alpha value is -2.24. The van der Waals surface area contributed by atoms with E-state index in [4.69, 9.17) is 9.47 Å². The molecule has 2 aromatic carbocycles. The van der Waals surface area contributed by atoms with E-state index in [0.29, 0.717) is 17.9 Å². The second kappa shape index (κ2) is 9.71. The Labute approximate surface area is 184 Å². The molecule has 30 heavy (non-hydrogen) atoms. The van der Waals surface area contributed by atoms with Gasteiger partial charge >= 0.3 is 0 Å². The molecule has 2 aliphatic rings. The van der Waals surface area contributed by atoms with Crippen LogP contribution in [0.2, 0.25) is 0 Å². The number of carbonyl (C=O) groups is 1. The molecule has 2 unspecified atom stereocenters. The van der Waals surface area contributed by atoms with Gasteiger partial charge in [-0.05, 0) is 67.4 Å². The molecule has 1 aliphatic carbocycles. The number of nitrogens with one attached hydrogen (secondary N) is 2. The Balaban J connectivity index is 0.00000256. The minimum Gasteiger partial charge on any atom is -0.493 e. The predicted octanol–water partition coefficient (Wildman–Crippen LogP) is 3.92. The van der Waals surface area contributed by atoms with Crippen molar-refractivity contribution in [2.45, 2.75) is 31.7 Å². The lowest BCUT2D eigenvalue weighted by Gasteiger charge is -2.25. The summed E-state index contributed by atoms with van der Waals surface area (Å²) in [5, 5.41) is 6.76. The van der Waals surface area contributed by atoms with Crippen LogP contribution in [0.4, 0.5) is 0 Å². The lowest BCUT2D eigenvalue weighted by Crippen LogP contribution is -2.35. The molecule has 4 rings (SSSR count). The third kappa shape index (κ3) is 4.73. The highest BCUT2D eigenvalue weighted by molar-refractivity contribution is 5.85. The van der Waals surface area contributed by atoms with Crippen molar-refractivity contribution in [3.05, 3.63) is 59.7 Å². The van der Waals surface area contributed by atoms with Crippen molar-refractivity contribution >= 4 is 18.3 Å². The van der Waals surface area contributed by atoms with Crippen molar-refractivity contribution in [2.75, 3.05) is 27.3 Å². The zero-order chi connectivity index (χ0) is 20.3. The van der Waals surface area contributed by atoms with E-state index < -0.39 is 0 Å². The molecule has 2 fully saturated rings. The summed E-state index contributed by atoms with van der Waals surface area (Å²) in [6.07, 6.45) is 3.95. The number of rotatable bonds is 7. The lowest BCUT2D eigenvalue weighted by molar-refractivity contribution is -0.124. The number of benzene rings is 2. The summed E-state index contributed by atoms with van der Waals surface area (Å²) in [6.45, 7) is 2.05. The first-order chi connectivity index (χ1) is 14.1. The van der Waals surface area contributed by atoms with E-state index in [1.165, 1.54) is 0 Å². The standard InChI is InChI=1S/C24H30N2O3.ClH/c1-28-21-9-8-17(15-22(21)29-2)14-20(18-6-4-3-5-7-18)26-23(27)19-16-24(19)10-12-25-13-11-24;/h3-9,15,19-20,25H,10-14,16H2,1-2H3,(H,26,27);1H. The van der Waals surface area contributed by atoms with Crippen molar-refractivity contribution in [3.8, 4) is 11.5 Å². The van der Waals surface area contributed by atoms with Crippen LogP contribution in [-0.2, 0) is 11.2 Å². The van der Waals surface area contributed by atoms with Crippen LogP contribution < -0.4 is 20.1 Å².